The van der Waals surface area contributed by atoms with Gasteiger partial charge in [0.15, 0.2) is 0 Å². The summed E-state index contributed by atoms with van der Waals surface area (Å²) < 4.78 is 16.7. The molecule has 0 aliphatic carbocycles. The van der Waals surface area contributed by atoms with Gasteiger partial charge in [0.25, 0.3) is 11.5 Å². The molecular weight excluding hydrogens is 389 g/mol. The number of hydrogen-bond donors (Lipinski definition) is 1. The van der Waals surface area contributed by atoms with E-state index < -0.39 is 6.17 Å². The monoisotopic (exact) mass is 413 g/mol. The second-order valence-electron chi connectivity index (χ2n) is 8.10. The van der Waals surface area contributed by atoms with Gasteiger partial charge in [-0.1, -0.05) is 0 Å². The van der Waals surface area contributed by atoms with Gasteiger partial charge >= 0.3 is 0 Å². The van der Waals surface area contributed by atoms with Crippen molar-refractivity contribution < 1.29 is 9.18 Å². The lowest BCUT2D eigenvalue weighted by Gasteiger charge is -2.33. The fourth-order valence-corrected chi connectivity index (χ4v) is 4.54. The Bertz CT molecular complexity index is 1150. The molecule has 2 fully saturated rings. The molecule has 0 bridgehead atoms. The molecule has 2 aliphatic heterocycles. The Morgan fingerprint density at radius 3 is 2.97 bits per heavy atom. The minimum Gasteiger partial charge on any atom is -0.337 e. The van der Waals surface area contributed by atoms with Gasteiger partial charge in [-0.05, 0) is 44.9 Å². The molecule has 0 spiro atoms. The highest BCUT2D eigenvalue weighted by Crippen LogP contribution is 2.23. The fraction of sp³-hybridized carbons (Fsp3) is 0.500. The number of alkyl halides is 1. The van der Waals surface area contributed by atoms with Gasteiger partial charge in [0, 0.05) is 31.9 Å². The molecular formula is C20H24FN7O2. The number of halogens is 1. The Morgan fingerprint density at radius 1 is 1.27 bits per heavy atom. The van der Waals surface area contributed by atoms with E-state index in [2.05, 4.69) is 20.1 Å². The highest BCUT2D eigenvalue weighted by molar-refractivity contribution is 5.95. The average Bonchev–Trinajstić information content (AvgIpc) is 3.47. The van der Waals surface area contributed by atoms with Crippen molar-refractivity contribution in [3.8, 4) is 5.95 Å². The van der Waals surface area contributed by atoms with Crippen LogP contribution in [0.1, 0.15) is 35.3 Å². The van der Waals surface area contributed by atoms with Crippen LogP contribution in [0.15, 0.2) is 29.3 Å². The van der Waals surface area contributed by atoms with Crippen molar-refractivity contribution in [2.75, 3.05) is 26.2 Å². The smallest absolute Gasteiger partial charge is 0.276 e. The summed E-state index contributed by atoms with van der Waals surface area (Å²) in [4.78, 5) is 32.1. The van der Waals surface area contributed by atoms with Gasteiger partial charge in [0.2, 0.25) is 5.95 Å². The molecule has 0 aromatic carbocycles. The van der Waals surface area contributed by atoms with Crippen LogP contribution in [0.2, 0.25) is 0 Å². The Balaban J connectivity index is 1.36. The summed E-state index contributed by atoms with van der Waals surface area (Å²) in [6.45, 7) is 4.38. The molecule has 0 saturated carbocycles. The third-order valence-corrected chi connectivity index (χ3v) is 6.19. The molecule has 2 atom stereocenters. The number of carbonyl (C=O) groups excluding carboxylic acids is 1. The number of aromatic amines is 1. The standard InChI is InChI=1S/C20H24FN7O2/c1-13-16(10-22-28(13)20-23-18(29)17-5-3-8-27(17)24-20)19(30)26-9-6-15(12-26)25-7-2-4-14(21)11-25/h3,5,8,10,14-15H,2,4,6-7,9,11-12H2,1H3,(H,23,24,29)/t14-,15?/m1/s1. The predicted octanol–water partition coefficient (Wildman–Crippen LogP) is 1.17. The summed E-state index contributed by atoms with van der Waals surface area (Å²) in [5.41, 5.74) is 1.26. The first kappa shape index (κ1) is 19.0. The van der Waals surface area contributed by atoms with Gasteiger partial charge in [0.1, 0.15) is 11.7 Å². The van der Waals surface area contributed by atoms with Crippen LogP contribution in [0.5, 0.6) is 0 Å². The number of amides is 1. The fourth-order valence-electron chi connectivity index (χ4n) is 4.54. The number of nitrogens with one attached hydrogen (secondary N) is 1. The zero-order valence-corrected chi connectivity index (χ0v) is 16.8. The highest BCUT2D eigenvalue weighted by Gasteiger charge is 2.34. The lowest BCUT2D eigenvalue weighted by atomic mass is 10.1. The summed E-state index contributed by atoms with van der Waals surface area (Å²) in [5, 5.41) is 8.66. The SMILES string of the molecule is Cc1c(C(=O)N2CCC(N3CCC[C@@H](F)C3)C2)cnn1-c1nn2cccc2c(=O)[nH]1. The van der Waals surface area contributed by atoms with E-state index in [1.54, 1.807) is 25.3 Å². The Labute approximate surface area is 172 Å². The second kappa shape index (κ2) is 7.35. The normalized spacial score (nSPS) is 22.8. The first-order valence-corrected chi connectivity index (χ1v) is 10.3. The van der Waals surface area contributed by atoms with E-state index in [1.807, 2.05) is 4.90 Å². The Morgan fingerprint density at radius 2 is 2.13 bits per heavy atom. The molecule has 30 heavy (non-hydrogen) atoms. The first-order chi connectivity index (χ1) is 14.5. The largest absolute Gasteiger partial charge is 0.337 e. The minimum absolute atomic E-state index is 0.0977. The number of carbonyl (C=O) groups is 1. The van der Waals surface area contributed by atoms with Crippen LogP contribution in [0.4, 0.5) is 4.39 Å². The van der Waals surface area contributed by atoms with E-state index in [-0.39, 0.29) is 23.5 Å². The van der Waals surface area contributed by atoms with E-state index in [1.165, 1.54) is 15.4 Å². The molecule has 1 amide bonds. The van der Waals surface area contributed by atoms with E-state index in [9.17, 15) is 14.0 Å². The van der Waals surface area contributed by atoms with Crippen LogP contribution in [0, 0.1) is 6.92 Å². The van der Waals surface area contributed by atoms with Gasteiger partial charge in [-0.25, -0.2) is 13.6 Å². The van der Waals surface area contributed by atoms with Crippen molar-refractivity contribution >= 4 is 11.4 Å². The van der Waals surface area contributed by atoms with Gasteiger partial charge in [0.05, 0.1) is 17.5 Å². The number of hydrogen-bond acceptors (Lipinski definition) is 5. The summed E-state index contributed by atoms with van der Waals surface area (Å²) >= 11 is 0. The van der Waals surface area contributed by atoms with E-state index in [0.717, 1.165) is 19.4 Å². The average molecular weight is 413 g/mol. The summed E-state index contributed by atoms with van der Waals surface area (Å²) in [5.74, 6) is 0.154. The van der Waals surface area contributed by atoms with Crippen molar-refractivity contribution in [2.45, 2.75) is 38.4 Å². The van der Waals surface area contributed by atoms with Gasteiger partial charge < -0.3 is 4.90 Å². The maximum absolute atomic E-state index is 13.8. The van der Waals surface area contributed by atoms with Crippen molar-refractivity contribution in [3.63, 3.8) is 0 Å². The Kier molecular flexibility index (Phi) is 4.65. The van der Waals surface area contributed by atoms with Crippen LogP contribution in [-0.2, 0) is 0 Å². The molecule has 2 saturated heterocycles. The van der Waals surface area contributed by atoms with Gasteiger partial charge in [-0.2, -0.15) is 5.10 Å². The number of piperidine rings is 1. The van der Waals surface area contributed by atoms with Gasteiger partial charge in [-0.3, -0.25) is 19.5 Å². The van der Waals surface area contributed by atoms with Crippen LogP contribution in [0.25, 0.3) is 11.5 Å². The van der Waals surface area contributed by atoms with Crippen molar-refractivity contribution in [1.29, 1.82) is 0 Å². The summed E-state index contributed by atoms with van der Waals surface area (Å²) in [7, 11) is 0. The summed E-state index contributed by atoms with van der Waals surface area (Å²) in [6.07, 6.45) is 4.79. The molecule has 3 aromatic rings. The topological polar surface area (TPSA) is 91.5 Å². The predicted molar refractivity (Wildman–Crippen MR) is 108 cm³/mol. The number of rotatable bonds is 3. The maximum Gasteiger partial charge on any atom is 0.276 e. The number of nitrogens with zero attached hydrogens (tertiary/aromatic N) is 6. The van der Waals surface area contributed by atoms with E-state index in [0.29, 0.717) is 42.8 Å². The van der Waals surface area contributed by atoms with E-state index in [4.69, 9.17) is 0 Å². The van der Waals surface area contributed by atoms with Crippen LogP contribution in [0.3, 0.4) is 0 Å². The van der Waals surface area contributed by atoms with Crippen molar-refractivity contribution in [1.82, 2.24) is 34.2 Å². The zero-order chi connectivity index (χ0) is 20.8. The van der Waals surface area contributed by atoms with Crippen molar-refractivity contribution in [2.24, 2.45) is 0 Å². The van der Waals surface area contributed by atoms with Crippen LogP contribution in [-0.4, -0.2) is 78.5 Å². The molecule has 5 rings (SSSR count). The van der Waals surface area contributed by atoms with Crippen molar-refractivity contribution in [3.05, 3.63) is 46.1 Å². The number of H-pyrrole nitrogens is 1. The zero-order valence-electron chi connectivity index (χ0n) is 16.8. The minimum atomic E-state index is -0.767. The molecule has 9 nitrogen and oxygen atoms in total. The molecule has 5 heterocycles. The number of fused-ring (bicyclic) bond motifs is 1. The molecule has 10 heteroatoms. The quantitative estimate of drug-likeness (QED) is 0.696. The molecule has 158 valence electrons. The molecule has 0 radical (unpaired) electrons. The highest BCUT2D eigenvalue weighted by atomic mass is 19.1. The van der Waals surface area contributed by atoms with Gasteiger partial charge in [-0.15, -0.1) is 5.10 Å². The molecule has 3 aromatic heterocycles. The Hall–Kier alpha value is -3.01. The molecule has 1 unspecified atom stereocenters. The number of likely N-dealkylation sites (tertiary alicyclic amines) is 2. The van der Waals surface area contributed by atoms with Crippen LogP contribution < -0.4 is 5.56 Å². The lowest BCUT2D eigenvalue weighted by Crippen LogP contribution is -2.45. The lowest BCUT2D eigenvalue weighted by molar-refractivity contribution is 0.0743. The third-order valence-electron chi connectivity index (χ3n) is 6.19. The maximum atomic E-state index is 13.8. The summed E-state index contributed by atoms with van der Waals surface area (Å²) in [6, 6.07) is 3.62. The molecule has 1 N–H and O–H groups in total. The first-order valence-electron chi connectivity index (χ1n) is 10.3. The second-order valence-corrected chi connectivity index (χ2v) is 8.10. The van der Waals surface area contributed by atoms with E-state index >= 15 is 0 Å². The van der Waals surface area contributed by atoms with Crippen LogP contribution >= 0.6 is 0 Å². The third kappa shape index (κ3) is 3.20. The molecule has 2 aliphatic rings. The number of aromatic nitrogens is 5.